The van der Waals surface area contributed by atoms with Gasteiger partial charge < -0.3 is 5.11 Å². The van der Waals surface area contributed by atoms with Crippen molar-refractivity contribution in [3.05, 3.63) is 75.0 Å². The lowest BCUT2D eigenvalue weighted by atomic mass is 10.1. The van der Waals surface area contributed by atoms with Gasteiger partial charge in [-0.3, -0.25) is 9.36 Å². The highest BCUT2D eigenvalue weighted by Crippen LogP contribution is 2.22. The Balaban J connectivity index is 2.28. The zero-order valence-corrected chi connectivity index (χ0v) is 13.2. The number of nitrogens with zero attached hydrogens (tertiary/aromatic N) is 2. The molecule has 0 radical (unpaired) electrons. The van der Waals surface area contributed by atoms with Gasteiger partial charge in [0.1, 0.15) is 5.82 Å². The molecule has 2 aromatic carbocycles. The zero-order chi connectivity index (χ0) is 16.6. The van der Waals surface area contributed by atoms with Gasteiger partial charge in [0.25, 0.3) is 5.56 Å². The van der Waals surface area contributed by atoms with E-state index in [2.05, 4.69) is 20.9 Å². The van der Waals surface area contributed by atoms with E-state index in [4.69, 9.17) is 0 Å². The zero-order valence-electron chi connectivity index (χ0n) is 11.6. The van der Waals surface area contributed by atoms with E-state index in [1.807, 2.05) is 0 Å². The number of carboxylic acids is 1. The molecule has 0 bridgehead atoms. The molecule has 0 aliphatic heterocycles. The molecule has 0 aliphatic rings. The van der Waals surface area contributed by atoms with E-state index in [9.17, 15) is 19.1 Å². The van der Waals surface area contributed by atoms with Crippen molar-refractivity contribution in [1.82, 2.24) is 9.55 Å². The topological polar surface area (TPSA) is 72.2 Å². The Morgan fingerprint density at radius 2 is 2.00 bits per heavy atom. The van der Waals surface area contributed by atoms with E-state index < -0.39 is 23.4 Å². The number of rotatable bonds is 3. The molecular formula is C16H10BrFN2O3. The number of aromatic nitrogens is 2. The number of hydrogen-bond acceptors (Lipinski definition) is 3. The molecule has 1 aromatic heterocycles. The van der Waals surface area contributed by atoms with E-state index in [1.165, 1.54) is 18.2 Å². The van der Waals surface area contributed by atoms with Crippen LogP contribution in [0.5, 0.6) is 0 Å². The van der Waals surface area contributed by atoms with Gasteiger partial charge in [-0.05, 0) is 24.3 Å². The summed E-state index contributed by atoms with van der Waals surface area (Å²) in [7, 11) is 0. The second-order valence-corrected chi connectivity index (χ2v) is 5.80. The van der Waals surface area contributed by atoms with E-state index in [1.54, 1.807) is 18.2 Å². The first-order valence-electron chi connectivity index (χ1n) is 6.62. The second kappa shape index (κ2) is 5.92. The first-order chi connectivity index (χ1) is 11.0. The van der Waals surface area contributed by atoms with Gasteiger partial charge in [0, 0.05) is 10.0 Å². The van der Waals surface area contributed by atoms with Crippen LogP contribution in [0, 0.1) is 5.82 Å². The largest absolute Gasteiger partial charge is 0.479 e. The lowest BCUT2D eigenvalue weighted by Crippen LogP contribution is -2.31. The lowest BCUT2D eigenvalue weighted by Gasteiger charge is -2.16. The third-order valence-electron chi connectivity index (χ3n) is 3.46. The van der Waals surface area contributed by atoms with Crippen LogP contribution in [0.2, 0.25) is 0 Å². The average Bonchev–Trinajstić information content (AvgIpc) is 2.52. The summed E-state index contributed by atoms with van der Waals surface area (Å²) in [6, 6.07) is 8.91. The Kier molecular flexibility index (Phi) is 3.96. The van der Waals surface area contributed by atoms with Crippen LogP contribution >= 0.6 is 15.9 Å². The minimum atomic E-state index is -1.49. The summed E-state index contributed by atoms with van der Waals surface area (Å²) in [5.41, 5.74) is -0.211. The van der Waals surface area contributed by atoms with Crippen LogP contribution in [0.1, 0.15) is 11.6 Å². The predicted molar refractivity (Wildman–Crippen MR) is 85.9 cm³/mol. The van der Waals surface area contributed by atoms with E-state index >= 15 is 0 Å². The molecule has 1 N–H and O–H groups in total. The highest BCUT2D eigenvalue weighted by molar-refractivity contribution is 9.10. The number of aliphatic carboxylic acids is 1. The fourth-order valence-electron chi connectivity index (χ4n) is 2.39. The fourth-order valence-corrected chi connectivity index (χ4v) is 2.75. The minimum absolute atomic E-state index is 0.0988. The number of halogens is 2. The summed E-state index contributed by atoms with van der Waals surface area (Å²) < 4.78 is 15.6. The predicted octanol–water partition coefficient (Wildman–Crippen LogP) is 2.97. The molecule has 116 valence electrons. The summed E-state index contributed by atoms with van der Waals surface area (Å²) in [6.45, 7) is 0. The molecule has 3 rings (SSSR count). The Morgan fingerprint density at radius 1 is 1.26 bits per heavy atom. The van der Waals surface area contributed by atoms with Gasteiger partial charge in [-0.25, -0.2) is 14.2 Å². The van der Waals surface area contributed by atoms with Crippen LogP contribution < -0.4 is 5.56 Å². The molecule has 0 fully saturated rings. The third kappa shape index (κ3) is 2.75. The van der Waals surface area contributed by atoms with Crippen molar-refractivity contribution in [2.24, 2.45) is 0 Å². The normalized spacial score (nSPS) is 12.3. The Hall–Kier alpha value is -2.54. The number of benzene rings is 2. The molecule has 1 unspecified atom stereocenters. The van der Waals surface area contributed by atoms with Gasteiger partial charge in [0.05, 0.1) is 17.2 Å². The number of carbonyl (C=O) groups is 1. The fraction of sp³-hybridized carbons (Fsp3) is 0.0625. The highest BCUT2D eigenvalue weighted by atomic mass is 79.9. The van der Waals surface area contributed by atoms with Crippen LogP contribution in [0.3, 0.4) is 0 Å². The minimum Gasteiger partial charge on any atom is -0.479 e. The van der Waals surface area contributed by atoms with Crippen LogP contribution in [0.15, 0.2) is 58.1 Å². The van der Waals surface area contributed by atoms with E-state index in [-0.39, 0.29) is 10.9 Å². The molecule has 1 heterocycles. The molecule has 0 aliphatic carbocycles. The van der Waals surface area contributed by atoms with Crippen molar-refractivity contribution in [2.45, 2.75) is 6.04 Å². The van der Waals surface area contributed by atoms with Crippen LogP contribution in [0.25, 0.3) is 10.9 Å². The highest BCUT2D eigenvalue weighted by Gasteiger charge is 2.26. The molecule has 0 amide bonds. The van der Waals surface area contributed by atoms with Gasteiger partial charge in [-0.1, -0.05) is 34.1 Å². The smallest absolute Gasteiger partial charge is 0.331 e. The van der Waals surface area contributed by atoms with Crippen LogP contribution in [-0.2, 0) is 4.79 Å². The summed E-state index contributed by atoms with van der Waals surface area (Å²) in [5.74, 6) is -2.03. The average molecular weight is 377 g/mol. The summed E-state index contributed by atoms with van der Waals surface area (Å²) >= 11 is 3.26. The van der Waals surface area contributed by atoms with Gasteiger partial charge >= 0.3 is 5.97 Å². The summed E-state index contributed by atoms with van der Waals surface area (Å²) in [6.07, 6.45) is 1.13. The Labute approximate surface area is 138 Å². The van der Waals surface area contributed by atoms with Crippen molar-refractivity contribution in [3.8, 4) is 0 Å². The molecule has 0 spiro atoms. The van der Waals surface area contributed by atoms with Crippen LogP contribution in [-0.4, -0.2) is 20.6 Å². The first kappa shape index (κ1) is 15.4. The summed E-state index contributed by atoms with van der Waals surface area (Å²) in [5, 5.41) is 9.75. The lowest BCUT2D eigenvalue weighted by molar-refractivity contribution is -0.139. The van der Waals surface area contributed by atoms with Crippen molar-refractivity contribution in [1.29, 1.82) is 0 Å². The van der Waals surface area contributed by atoms with E-state index in [0.29, 0.717) is 9.99 Å². The Morgan fingerprint density at radius 3 is 2.70 bits per heavy atom. The standard InChI is InChI=1S/C16H10BrFN2O3/c17-9-5-6-13-11(7-9)15(21)20(8-19-13)14(16(22)23)10-3-1-2-4-12(10)18/h1-8,14H,(H,22,23). The molecule has 5 nitrogen and oxygen atoms in total. The maximum atomic E-state index is 14.0. The van der Waals surface area contributed by atoms with Crippen LogP contribution in [0.4, 0.5) is 4.39 Å². The van der Waals surface area contributed by atoms with Crippen molar-refractivity contribution in [2.75, 3.05) is 0 Å². The summed E-state index contributed by atoms with van der Waals surface area (Å²) in [4.78, 5) is 28.4. The second-order valence-electron chi connectivity index (χ2n) is 4.88. The van der Waals surface area contributed by atoms with Crippen molar-refractivity contribution >= 4 is 32.8 Å². The maximum absolute atomic E-state index is 14.0. The van der Waals surface area contributed by atoms with Gasteiger partial charge in [0.2, 0.25) is 0 Å². The molecule has 0 saturated heterocycles. The SMILES string of the molecule is O=C(O)C(c1ccccc1F)n1cnc2ccc(Br)cc2c1=O. The monoisotopic (exact) mass is 376 g/mol. The molecule has 0 saturated carbocycles. The molecule has 23 heavy (non-hydrogen) atoms. The molecule has 3 aromatic rings. The number of fused-ring (bicyclic) bond motifs is 1. The molecular weight excluding hydrogens is 367 g/mol. The van der Waals surface area contributed by atoms with Gasteiger partial charge in [0.15, 0.2) is 6.04 Å². The first-order valence-corrected chi connectivity index (χ1v) is 7.42. The van der Waals surface area contributed by atoms with Gasteiger partial charge in [-0.15, -0.1) is 0 Å². The third-order valence-corrected chi connectivity index (χ3v) is 3.95. The number of hydrogen-bond donors (Lipinski definition) is 1. The van der Waals surface area contributed by atoms with E-state index in [0.717, 1.165) is 17.0 Å². The molecule has 7 heteroatoms. The van der Waals surface area contributed by atoms with Crippen molar-refractivity contribution < 1.29 is 14.3 Å². The quantitative estimate of drug-likeness (QED) is 0.762. The van der Waals surface area contributed by atoms with Gasteiger partial charge in [-0.2, -0.15) is 0 Å². The number of carboxylic acid groups (broad SMARTS) is 1. The molecule has 1 atom stereocenters. The Bertz CT molecular complexity index is 971. The maximum Gasteiger partial charge on any atom is 0.331 e. The van der Waals surface area contributed by atoms with Crippen molar-refractivity contribution in [3.63, 3.8) is 0 Å².